The molecule has 0 aliphatic carbocycles. The Morgan fingerprint density at radius 3 is 2.75 bits per heavy atom. The number of carbonyl (C=O) groups excluding carboxylic acids is 2. The Kier molecular flexibility index (Phi) is 6.50. The van der Waals surface area contributed by atoms with Crippen LogP contribution in [0.3, 0.4) is 0 Å². The molecule has 0 fully saturated rings. The van der Waals surface area contributed by atoms with Crippen molar-refractivity contribution < 1.29 is 23.1 Å². The molecule has 0 radical (unpaired) electrons. The van der Waals surface area contributed by atoms with Crippen LogP contribution in [0.1, 0.15) is 12.8 Å². The summed E-state index contributed by atoms with van der Waals surface area (Å²) in [6.45, 7) is -0.145. The van der Waals surface area contributed by atoms with Crippen molar-refractivity contribution >= 4 is 23.3 Å². The lowest BCUT2D eigenvalue weighted by Crippen LogP contribution is -2.11. The molecule has 12 heavy (non-hydrogen) atoms. The Hall–Kier alpha value is -0.750. The summed E-state index contributed by atoms with van der Waals surface area (Å²) in [5, 5.41) is 0. The Morgan fingerprint density at radius 2 is 2.25 bits per heavy atom. The van der Waals surface area contributed by atoms with Crippen LogP contribution >= 0.6 is 0 Å². The summed E-state index contributed by atoms with van der Waals surface area (Å²) in [5.74, 6) is -0.750. The molecule has 0 heterocycles. The van der Waals surface area contributed by atoms with E-state index in [9.17, 15) is 18.4 Å². The number of hydrogen-bond donors (Lipinski definition) is 0. The summed E-state index contributed by atoms with van der Waals surface area (Å²) in [6, 6.07) is 0. The highest BCUT2D eigenvalue weighted by Gasteiger charge is 2.00. The first-order chi connectivity index (χ1) is 5.66. The largest absolute Gasteiger partial charge is 0.772 e. The molecule has 0 saturated carbocycles. The van der Waals surface area contributed by atoms with E-state index in [0.29, 0.717) is 6.29 Å². The topological polar surface area (TPSA) is 83.5 Å². The molecule has 0 aromatic rings. The molecule has 0 amide bonds. The summed E-state index contributed by atoms with van der Waals surface area (Å²) in [4.78, 5) is 20.4. The van der Waals surface area contributed by atoms with E-state index in [0.717, 1.165) is 0 Å². The Balaban J connectivity index is 3.31. The maximum Gasteiger partial charge on any atom is 0.306 e. The standard InChI is InChI=1S/C6H10O5S/c7-3-1-2-6(8)11-4-5-12(9)10/h3H,1-2,4-5H2,(H,9,10)/p-1. The third-order valence-electron chi connectivity index (χ3n) is 0.979. The van der Waals surface area contributed by atoms with Gasteiger partial charge in [0.15, 0.2) is 0 Å². The summed E-state index contributed by atoms with van der Waals surface area (Å²) >= 11 is -2.18. The van der Waals surface area contributed by atoms with E-state index in [1.807, 2.05) is 0 Å². The zero-order chi connectivity index (χ0) is 9.40. The number of esters is 1. The van der Waals surface area contributed by atoms with E-state index in [1.165, 1.54) is 0 Å². The third kappa shape index (κ3) is 7.36. The first-order valence-corrected chi connectivity index (χ1v) is 4.56. The van der Waals surface area contributed by atoms with Gasteiger partial charge in [0.1, 0.15) is 12.9 Å². The van der Waals surface area contributed by atoms with Crippen molar-refractivity contribution in [2.45, 2.75) is 12.8 Å². The molecular weight excluding hydrogens is 184 g/mol. The first-order valence-electron chi connectivity index (χ1n) is 3.32. The summed E-state index contributed by atoms with van der Waals surface area (Å²) in [5.41, 5.74) is 0. The normalized spacial score (nSPS) is 12.1. The average Bonchev–Trinajstić information content (AvgIpc) is 2.00. The molecule has 0 spiro atoms. The maximum absolute atomic E-state index is 10.6. The minimum absolute atomic E-state index is 0.00892. The number of carbonyl (C=O) groups is 2. The lowest BCUT2D eigenvalue weighted by atomic mass is 10.3. The molecule has 0 bridgehead atoms. The van der Waals surface area contributed by atoms with E-state index in [4.69, 9.17) is 0 Å². The monoisotopic (exact) mass is 193 g/mol. The fraction of sp³-hybridized carbons (Fsp3) is 0.667. The van der Waals surface area contributed by atoms with Gasteiger partial charge < -0.3 is 14.1 Å². The van der Waals surface area contributed by atoms with Crippen LogP contribution in [0, 0.1) is 0 Å². The molecule has 0 aromatic heterocycles. The fourth-order valence-corrected chi connectivity index (χ4v) is 0.692. The van der Waals surface area contributed by atoms with Crippen molar-refractivity contribution in [2.75, 3.05) is 12.4 Å². The second-order valence-electron chi connectivity index (χ2n) is 1.93. The van der Waals surface area contributed by atoms with Crippen molar-refractivity contribution in [3.63, 3.8) is 0 Å². The number of ether oxygens (including phenoxy) is 1. The second kappa shape index (κ2) is 6.93. The van der Waals surface area contributed by atoms with Gasteiger partial charge in [-0.2, -0.15) is 0 Å². The number of rotatable bonds is 6. The van der Waals surface area contributed by atoms with Gasteiger partial charge in [0.2, 0.25) is 0 Å². The van der Waals surface area contributed by atoms with Gasteiger partial charge >= 0.3 is 5.97 Å². The van der Waals surface area contributed by atoms with Crippen LogP contribution < -0.4 is 0 Å². The summed E-state index contributed by atoms with van der Waals surface area (Å²) in [7, 11) is 0. The fourth-order valence-electron chi connectivity index (χ4n) is 0.472. The lowest BCUT2D eigenvalue weighted by Gasteiger charge is -2.05. The smallest absolute Gasteiger partial charge is 0.306 e. The molecule has 5 nitrogen and oxygen atoms in total. The minimum atomic E-state index is -2.18. The van der Waals surface area contributed by atoms with Crippen LogP contribution in [-0.4, -0.2) is 33.4 Å². The quantitative estimate of drug-likeness (QED) is 0.319. The Labute approximate surface area is 72.4 Å². The van der Waals surface area contributed by atoms with Crippen LogP contribution in [0.5, 0.6) is 0 Å². The van der Waals surface area contributed by atoms with Crippen LogP contribution in [0.25, 0.3) is 0 Å². The minimum Gasteiger partial charge on any atom is -0.772 e. The molecule has 0 aliphatic rings. The van der Waals surface area contributed by atoms with Crippen molar-refractivity contribution in [3.05, 3.63) is 0 Å². The van der Waals surface area contributed by atoms with Crippen LogP contribution in [0.2, 0.25) is 0 Å². The van der Waals surface area contributed by atoms with E-state index in [-0.39, 0.29) is 25.2 Å². The number of aldehydes is 1. The van der Waals surface area contributed by atoms with E-state index in [2.05, 4.69) is 4.74 Å². The number of hydrogen-bond acceptors (Lipinski definition) is 5. The molecular formula is C6H9O5S-. The van der Waals surface area contributed by atoms with Gasteiger partial charge in [-0.15, -0.1) is 0 Å². The van der Waals surface area contributed by atoms with Gasteiger partial charge in [-0.25, -0.2) is 0 Å². The molecule has 0 aliphatic heterocycles. The molecule has 70 valence electrons. The Morgan fingerprint density at radius 1 is 1.58 bits per heavy atom. The SMILES string of the molecule is O=CCCC(=O)OCCS(=O)[O-]. The van der Waals surface area contributed by atoms with Gasteiger partial charge in [0.05, 0.1) is 6.42 Å². The molecule has 0 N–H and O–H groups in total. The van der Waals surface area contributed by atoms with Gasteiger partial charge in [0.25, 0.3) is 0 Å². The van der Waals surface area contributed by atoms with Crippen molar-refractivity contribution in [1.82, 2.24) is 0 Å². The highest BCUT2D eigenvalue weighted by atomic mass is 32.2. The molecule has 1 unspecified atom stereocenters. The van der Waals surface area contributed by atoms with E-state index >= 15 is 0 Å². The van der Waals surface area contributed by atoms with E-state index in [1.54, 1.807) is 0 Å². The van der Waals surface area contributed by atoms with Gasteiger partial charge in [-0.1, -0.05) is 11.1 Å². The van der Waals surface area contributed by atoms with Crippen LogP contribution in [-0.2, 0) is 25.4 Å². The van der Waals surface area contributed by atoms with Crippen molar-refractivity contribution in [1.29, 1.82) is 0 Å². The zero-order valence-corrected chi connectivity index (χ0v) is 7.17. The predicted molar refractivity (Wildman–Crippen MR) is 40.0 cm³/mol. The predicted octanol–water partition coefficient (Wildman–Crippen LogP) is -0.612. The third-order valence-corrected chi connectivity index (χ3v) is 1.48. The molecule has 0 saturated heterocycles. The molecule has 1 atom stereocenters. The average molecular weight is 193 g/mol. The summed E-state index contributed by atoms with van der Waals surface area (Å²) in [6.07, 6.45) is 0.724. The van der Waals surface area contributed by atoms with Crippen molar-refractivity contribution in [2.24, 2.45) is 0 Å². The highest BCUT2D eigenvalue weighted by molar-refractivity contribution is 7.79. The maximum atomic E-state index is 10.6. The molecule has 0 rings (SSSR count). The van der Waals surface area contributed by atoms with Crippen LogP contribution in [0.4, 0.5) is 0 Å². The van der Waals surface area contributed by atoms with Gasteiger partial charge in [-0.05, 0) is 0 Å². The Bertz CT molecular complexity index is 179. The molecule has 0 aromatic carbocycles. The van der Waals surface area contributed by atoms with Crippen LogP contribution in [0.15, 0.2) is 0 Å². The summed E-state index contributed by atoms with van der Waals surface area (Å²) < 4.78 is 24.4. The van der Waals surface area contributed by atoms with Gasteiger partial charge in [-0.3, -0.25) is 9.00 Å². The zero-order valence-electron chi connectivity index (χ0n) is 6.36. The first kappa shape index (κ1) is 11.2. The highest BCUT2D eigenvalue weighted by Crippen LogP contribution is 1.89. The van der Waals surface area contributed by atoms with Gasteiger partial charge in [0, 0.05) is 12.2 Å². The molecule has 6 heteroatoms. The second-order valence-corrected chi connectivity index (χ2v) is 2.95. The lowest BCUT2D eigenvalue weighted by molar-refractivity contribution is -0.143. The van der Waals surface area contributed by atoms with Crippen molar-refractivity contribution in [3.8, 4) is 0 Å². The van der Waals surface area contributed by atoms with E-state index < -0.39 is 17.0 Å².